The van der Waals surface area contributed by atoms with Gasteiger partial charge in [-0.15, -0.1) is 0 Å². The number of rotatable bonds is 6. The summed E-state index contributed by atoms with van der Waals surface area (Å²) in [7, 11) is 0. The van der Waals surface area contributed by atoms with Crippen LogP contribution in [0.5, 0.6) is 0 Å². The molecule has 26 heavy (non-hydrogen) atoms. The number of hydrogen-bond donors (Lipinski definition) is 2. The summed E-state index contributed by atoms with van der Waals surface area (Å²) in [5.41, 5.74) is 4.96. The summed E-state index contributed by atoms with van der Waals surface area (Å²) < 4.78 is 2.12. The first kappa shape index (κ1) is 15.9. The smallest absolute Gasteiger partial charge is 0.211 e. The van der Waals surface area contributed by atoms with Crippen LogP contribution in [-0.4, -0.2) is 16.0 Å². The van der Waals surface area contributed by atoms with Gasteiger partial charge in [0.25, 0.3) is 0 Å². The normalized spacial score (nSPS) is 10.6. The molecule has 0 aliphatic rings. The molecule has 0 atom stereocenters. The molecule has 3 aromatic carbocycles. The topological polar surface area (TPSA) is 59.0 Å². The van der Waals surface area contributed by atoms with Crippen molar-refractivity contribution < 1.29 is 4.79 Å². The van der Waals surface area contributed by atoms with E-state index < -0.39 is 0 Å². The van der Waals surface area contributed by atoms with E-state index in [0.717, 1.165) is 33.9 Å². The van der Waals surface area contributed by atoms with Gasteiger partial charge in [0.15, 0.2) is 0 Å². The minimum atomic E-state index is 0.636. The lowest BCUT2D eigenvalue weighted by Gasteiger charge is -2.11. The molecule has 0 bridgehead atoms. The van der Waals surface area contributed by atoms with Crippen LogP contribution in [-0.2, 0) is 11.3 Å². The van der Waals surface area contributed by atoms with Gasteiger partial charge >= 0.3 is 0 Å². The van der Waals surface area contributed by atoms with Crippen LogP contribution in [0.15, 0.2) is 78.9 Å². The summed E-state index contributed by atoms with van der Waals surface area (Å²) in [5.74, 6) is 0.799. The highest BCUT2D eigenvalue weighted by Gasteiger charge is 2.11. The van der Waals surface area contributed by atoms with E-state index in [4.69, 9.17) is 4.98 Å². The van der Waals surface area contributed by atoms with Gasteiger partial charge in [-0.2, -0.15) is 0 Å². The van der Waals surface area contributed by atoms with Crippen LogP contribution >= 0.6 is 0 Å². The van der Waals surface area contributed by atoms with Crippen molar-refractivity contribution in [3.63, 3.8) is 0 Å². The Morgan fingerprint density at radius 2 is 1.62 bits per heavy atom. The standard InChI is InChI=1S/C21H18N4O/c26-15-23-17-12-10-16(11-13-17)14-22-21-24-19-8-4-5-9-20(19)25(21)18-6-2-1-3-7-18/h1-13,15H,14H2,(H,22,24)(H,23,26). The molecule has 0 spiro atoms. The Morgan fingerprint density at radius 1 is 0.885 bits per heavy atom. The van der Waals surface area contributed by atoms with Crippen LogP contribution in [0.25, 0.3) is 16.7 Å². The molecule has 1 heterocycles. The zero-order chi connectivity index (χ0) is 17.8. The number of anilines is 2. The number of carbonyl (C=O) groups is 1. The Morgan fingerprint density at radius 3 is 2.38 bits per heavy atom. The number of aromatic nitrogens is 2. The molecular weight excluding hydrogens is 324 g/mol. The molecule has 4 rings (SSSR count). The van der Waals surface area contributed by atoms with E-state index in [2.05, 4.69) is 33.4 Å². The maximum absolute atomic E-state index is 10.5. The van der Waals surface area contributed by atoms with E-state index in [1.165, 1.54) is 0 Å². The van der Waals surface area contributed by atoms with Crippen LogP contribution in [0.3, 0.4) is 0 Å². The van der Waals surface area contributed by atoms with Crippen molar-refractivity contribution in [1.82, 2.24) is 9.55 Å². The molecule has 5 heteroatoms. The Bertz CT molecular complexity index is 1020. The third-order valence-corrected chi connectivity index (χ3v) is 4.21. The molecule has 0 unspecified atom stereocenters. The number of nitrogens with one attached hydrogen (secondary N) is 2. The predicted octanol–water partition coefficient (Wildman–Crippen LogP) is 4.21. The van der Waals surface area contributed by atoms with Crippen molar-refractivity contribution in [2.45, 2.75) is 6.54 Å². The number of benzene rings is 3. The van der Waals surface area contributed by atoms with Crippen molar-refractivity contribution in [1.29, 1.82) is 0 Å². The minimum absolute atomic E-state index is 0.636. The zero-order valence-electron chi connectivity index (χ0n) is 14.1. The molecule has 0 saturated carbocycles. The number of amides is 1. The van der Waals surface area contributed by atoms with Gasteiger partial charge in [-0.1, -0.05) is 42.5 Å². The molecule has 0 fully saturated rings. The van der Waals surface area contributed by atoms with Crippen LogP contribution < -0.4 is 10.6 Å². The number of imidazole rings is 1. The number of nitrogens with zero attached hydrogens (tertiary/aromatic N) is 2. The summed E-state index contributed by atoms with van der Waals surface area (Å²) >= 11 is 0. The number of para-hydroxylation sites is 3. The van der Waals surface area contributed by atoms with Gasteiger partial charge in [0.1, 0.15) is 0 Å². The minimum Gasteiger partial charge on any atom is -0.351 e. The highest BCUT2D eigenvalue weighted by atomic mass is 16.1. The molecule has 128 valence electrons. The first-order valence-corrected chi connectivity index (χ1v) is 8.41. The van der Waals surface area contributed by atoms with Gasteiger partial charge in [-0.3, -0.25) is 9.36 Å². The molecule has 0 saturated heterocycles. The van der Waals surface area contributed by atoms with E-state index in [0.29, 0.717) is 13.0 Å². The monoisotopic (exact) mass is 342 g/mol. The van der Waals surface area contributed by atoms with Crippen molar-refractivity contribution in [3.05, 3.63) is 84.4 Å². The Balaban J connectivity index is 1.65. The summed E-state index contributed by atoms with van der Waals surface area (Å²) in [4.78, 5) is 15.2. The SMILES string of the molecule is O=CNc1ccc(CNc2nc3ccccc3n2-c2ccccc2)cc1. The van der Waals surface area contributed by atoms with Crippen molar-refractivity contribution >= 4 is 29.1 Å². The first-order valence-electron chi connectivity index (χ1n) is 8.41. The third kappa shape index (κ3) is 3.15. The molecule has 4 aromatic rings. The van der Waals surface area contributed by atoms with E-state index in [1.54, 1.807) is 0 Å². The molecule has 1 aromatic heterocycles. The molecular formula is C21H18N4O. The van der Waals surface area contributed by atoms with E-state index in [-0.39, 0.29) is 0 Å². The summed E-state index contributed by atoms with van der Waals surface area (Å²) in [6.45, 7) is 0.636. The third-order valence-electron chi connectivity index (χ3n) is 4.21. The van der Waals surface area contributed by atoms with Crippen LogP contribution in [0, 0.1) is 0 Å². The fourth-order valence-electron chi connectivity index (χ4n) is 2.95. The number of carbonyl (C=O) groups excluding carboxylic acids is 1. The number of hydrogen-bond acceptors (Lipinski definition) is 3. The highest BCUT2D eigenvalue weighted by molar-refractivity contribution is 5.81. The largest absolute Gasteiger partial charge is 0.351 e. The maximum Gasteiger partial charge on any atom is 0.211 e. The van der Waals surface area contributed by atoms with E-state index in [9.17, 15) is 4.79 Å². The van der Waals surface area contributed by atoms with Gasteiger partial charge < -0.3 is 10.6 Å². The molecule has 0 aliphatic carbocycles. The molecule has 0 radical (unpaired) electrons. The lowest BCUT2D eigenvalue weighted by atomic mass is 10.2. The van der Waals surface area contributed by atoms with E-state index in [1.807, 2.05) is 60.7 Å². The van der Waals surface area contributed by atoms with Crippen molar-refractivity contribution in [3.8, 4) is 5.69 Å². The average molecular weight is 342 g/mol. The fourth-order valence-corrected chi connectivity index (χ4v) is 2.95. The Kier molecular flexibility index (Phi) is 4.35. The summed E-state index contributed by atoms with van der Waals surface area (Å²) in [5, 5.41) is 6.07. The fraction of sp³-hybridized carbons (Fsp3) is 0.0476. The Labute approximate surface area is 151 Å². The Hall–Kier alpha value is -3.60. The van der Waals surface area contributed by atoms with Crippen LogP contribution in [0.4, 0.5) is 11.6 Å². The zero-order valence-corrected chi connectivity index (χ0v) is 14.1. The maximum atomic E-state index is 10.5. The predicted molar refractivity (Wildman–Crippen MR) is 105 cm³/mol. The lowest BCUT2D eigenvalue weighted by Crippen LogP contribution is -2.06. The van der Waals surface area contributed by atoms with Crippen LogP contribution in [0.2, 0.25) is 0 Å². The van der Waals surface area contributed by atoms with Crippen molar-refractivity contribution in [2.75, 3.05) is 10.6 Å². The van der Waals surface area contributed by atoms with Crippen LogP contribution in [0.1, 0.15) is 5.56 Å². The van der Waals surface area contributed by atoms with Gasteiger partial charge in [-0.05, 0) is 42.0 Å². The lowest BCUT2D eigenvalue weighted by molar-refractivity contribution is -0.105. The first-order chi connectivity index (χ1) is 12.8. The van der Waals surface area contributed by atoms with E-state index >= 15 is 0 Å². The van der Waals surface area contributed by atoms with Gasteiger partial charge in [-0.25, -0.2) is 4.98 Å². The van der Waals surface area contributed by atoms with Crippen molar-refractivity contribution in [2.24, 2.45) is 0 Å². The average Bonchev–Trinajstić information content (AvgIpc) is 3.07. The molecule has 0 aliphatic heterocycles. The quantitative estimate of drug-likeness (QED) is 0.516. The second kappa shape index (κ2) is 7.11. The van der Waals surface area contributed by atoms with Gasteiger partial charge in [0.2, 0.25) is 12.4 Å². The second-order valence-corrected chi connectivity index (χ2v) is 5.91. The van der Waals surface area contributed by atoms with Gasteiger partial charge in [0.05, 0.1) is 11.0 Å². The van der Waals surface area contributed by atoms with Gasteiger partial charge in [0, 0.05) is 17.9 Å². The molecule has 5 nitrogen and oxygen atoms in total. The summed E-state index contributed by atoms with van der Waals surface area (Å²) in [6, 6.07) is 26.0. The molecule has 2 N–H and O–H groups in total. The highest BCUT2D eigenvalue weighted by Crippen LogP contribution is 2.25. The second-order valence-electron chi connectivity index (χ2n) is 5.91. The summed E-state index contributed by atoms with van der Waals surface area (Å²) in [6.07, 6.45) is 0.676. The number of fused-ring (bicyclic) bond motifs is 1. The molecule has 1 amide bonds.